The molecule has 2 rings (SSSR count). The lowest BCUT2D eigenvalue weighted by Crippen LogP contribution is -2.53. The molecule has 0 aliphatic heterocycles. The highest BCUT2D eigenvalue weighted by molar-refractivity contribution is 5.31. The van der Waals surface area contributed by atoms with Crippen molar-refractivity contribution in [2.45, 2.75) is 45.3 Å². The molecule has 2 atom stereocenters. The van der Waals surface area contributed by atoms with E-state index in [9.17, 15) is 0 Å². The summed E-state index contributed by atoms with van der Waals surface area (Å²) in [6.45, 7) is 4.63. The standard InChI is InChI=1S/C16H25NO2/c1-16(2)11-5-6-14(15(16)17-3)19-13-9-7-12(18-4)8-10-13/h7-10,14-15,17H,5-6,11H2,1-4H3. The van der Waals surface area contributed by atoms with Gasteiger partial charge in [-0.05, 0) is 56.0 Å². The van der Waals surface area contributed by atoms with E-state index in [0.717, 1.165) is 17.9 Å². The zero-order chi connectivity index (χ0) is 13.9. The zero-order valence-corrected chi connectivity index (χ0v) is 12.4. The quantitative estimate of drug-likeness (QED) is 0.904. The highest BCUT2D eigenvalue weighted by atomic mass is 16.5. The van der Waals surface area contributed by atoms with Gasteiger partial charge in [0.05, 0.1) is 7.11 Å². The van der Waals surface area contributed by atoms with Crippen LogP contribution in [-0.2, 0) is 0 Å². The summed E-state index contributed by atoms with van der Waals surface area (Å²) in [6.07, 6.45) is 3.83. The minimum Gasteiger partial charge on any atom is -0.497 e. The summed E-state index contributed by atoms with van der Waals surface area (Å²) in [6, 6.07) is 8.23. The van der Waals surface area contributed by atoms with Crippen LogP contribution in [0.3, 0.4) is 0 Å². The van der Waals surface area contributed by atoms with Gasteiger partial charge in [0.15, 0.2) is 0 Å². The second-order valence-electron chi connectivity index (χ2n) is 5.98. The number of rotatable bonds is 4. The Labute approximate surface area is 116 Å². The molecule has 1 aliphatic carbocycles. The molecule has 0 aromatic heterocycles. The first-order chi connectivity index (χ1) is 9.06. The second kappa shape index (κ2) is 5.83. The van der Waals surface area contributed by atoms with Gasteiger partial charge in [-0.25, -0.2) is 0 Å². The Morgan fingerprint density at radius 3 is 2.37 bits per heavy atom. The van der Waals surface area contributed by atoms with Crippen LogP contribution < -0.4 is 14.8 Å². The third kappa shape index (κ3) is 3.21. The van der Waals surface area contributed by atoms with Gasteiger partial charge in [0.1, 0.15) is 17.6 Å². The lowest BCUT2D eigenvalue weighted by atomic mass is 9.72. The van der Waals surface area contributed by atoms with Gasteiger partial charge >= 0.3 is 0 Å². The number of benzene rings is 1. The molecule has 1 aromatic carbocycles. The van der Waals surface area contributed by atoms with E-state index < -0.39 is 0 Å². The minimum atomic E-state index is 0.238. The van der Waals surface area contributed by atoms with Crippen LogP contribution in [0.5, 0.6) is 11.5 Å². The fourth-order valence-corrected chi connectivity index (χ4v) is 3.12. The molecule has 0 amide bonds. The van der Waals surface area contributed by atoms with Gasteiger partial charge < -0.3 is 14.8 Å². The summed E-state index contributed by atoms with van der Waals surface area (Å²) in [5.41, 5.74) is 0.282. The largest absolute Gasteiger partial charge is 0.497 e. The van der Waals surface area contributed by atoms with Gasteiger partial charge in [0.25, 0.3) is 0 Å². The van der Waals surface area contributed by atoms with E-state index in [-0.39, 0.29) is 11.5 Å². The Morgan fingerprint density at radius 2 is 1.79 bits per heavy atom. The predicted octanol–water partition coefficient (Wildman–Crippen LogP) is 3.24. The molecule has 106 valence electrons. The Morgan fingerprint density at radius 1 is 1.16 bits per heavy atom. The van der Waals surface area contributed by atoms with Crippen molar-refractivity contribution in [1.29, 1.82) is 0 Å². The number of methoxy groups -OCH3 is 1. The minimum absolute atomic E-state index is 0.238. The topological polar surface area (TPSA) is 30.5 Å². The highest BCUT2D eigenvalue weighted by Crippen LogP contribution is 2.37. The van der Waals surface area contributed by atoms with E-state index in [1.165, 1.54) is 12.8 Å². The van der Waals surface area contributed by atoms with Gasteiger partial charge in [-0.15, -0.1) is 0 Å². The maximum atomic E-state index is 6.18. The van der Waals surface area contributed by atoms with Crippen LogP contribution in [0, 0.1) is 5.41 Å². The number of likely N-dealkylation sites (N-methyl/N-ethyl adjacent to an activating group) is 1. The fourth-order valence-electron chi connectivity index (χ4n) is 3.12. The summed E-state index contributed by atoms with van der Waals surface area (Å²) in [5, 5.41) is 3.44. The smallest absolute Gasteiger partial charge is 0.120 e. The zero-order valence-electron chi connectivity index (χ0n) is 12.4. The fraction of sp³-hybridized carbons (Fsp3) is 0.625. The molecule has 1 aliphatic rings. The summed E-state index contributed by atoms with van der Waals surface area (Å²) >= 11 is 0. The van der Waals surface area contributed by atoms with Crippen LogP contribution in [-0.4, -0.2) is 26.3 Å². The summed E-state index contributed by atoms with van der Waals surface area (Å²) in [4.78, 5) is 0. The van der Waals surface area contributed by atoms with Crippen molar-refractivity contribution in [1.82, 2.24) is 5.32 Å². The van der Waals surface area contributed by atoms with E-state index in [0.29, 0.717) is 6.04 Å². The molecule has 0 saturated heterocycles. The van der Waals surface area contributed by atoms with E-state index in [1.54, 1.807) is 7.11 Å². The van der Waals surface area contributed by atoms with E-state index >= 15 is 0 Å². The normalized spacial score (nSPS) is 25.9. The second-order valence-corrected chi connectivity index (χ2v) is 5.98. The average Bonchev–Trinajstić information content (AvgIpc) is 2.39. The first kappa shape index (κ1) is 14.2. The van der Waals surface area contributed by atoms with Crippen LogP contribution in [0.4, 0.5) is 0 Å². The number of nitrogens with one attached hydrogen (secondary N) is 1. The van der Waals surface area contributed by atoms with Crippen molar-refractivity contribution < 1.29 is 9.47 Å². The molecular weight excluding hydrogens is 238 g/mol. The Hall–Kier alpha value is -1.22. The molecule has 1 aromatic rings. The predicted molar refractivity (Wildman–Crippen MR) is 77.9 cm³/mol. The van der Waals surface area contributed by atoms with Crippen LogP contribution in [0.15, 0.2) is 24.3 Å². The van der Waals surface area contributed by atoms with Crippen LogP contribution in [0.2, 0.25) is 0 Å². The molecule has 1 N–H and O–H groups in total. The van der Waals surface area contributed by atoms with Crippen molar-refractivity contribution in [3.63, 3.8) is 0 Å². The SMILES string of the molecule is CNC1C(Oc2ccc(OC)cc2)CCCC1(C)C. The van der Waals surface area contributed by atoms with Crippen molar-refractivity contribution >= 4 is 0 Å². The van der Waals surface area contributed by atoms with Crippen LogP contribution in [0.25, 0.3) is 0 Å². The third-order valence-corrected chi connectivity index (χ3v) is 4.18. The summed E-state index contributed by atoms with van der Waals surface area (Å²) in [7, 11) is 3.71. The lowest BCUT2D eigenvalue weighted by Gasteiger charge is -2.43. The van der Waals surface area contributed by atoms with Gasteiger partial charge in [-0.2, -0.15) is 0 Å². The molecule has 1 saturated carbocycles. The molecule has 0 heterocycles. The summed E-state index contributed by atoms with van der Waals surface area (Å²) in [5.74, 6) is 1.78. The van der Waals surface area contributed by atoms with Crippen LogP contribution in [0.1, 0.15) is 33.1 Å². The maximum absolute atomic E-state index is 6.18. The van der Waals surface area contributed by atoms with Crippen molar-refractivity contribution in [3.05, 3.63) is 24.3 Å². The third-order valence-electron chi connectivity index (χ3n) is 4.18. The molecule has 0 radical (unpaired) electrons. The molecule has 19 heavy (non-hydrogen) atoms. The van der Waals surface area contributed by atoms with Gasteiger partial charge in [-0.1, -0.05) is 13.8 Å². The Kier molecular flexibility index (Phi) is 4.35. The van der Waals surface area contributed by atoms with E-state index in [1.807, 2.05) is 31.3 Å². The van der Waals surface area contributed by atoms with Gasteiger partial charge in [-0.3, -0.25) is 0 Å². The van der Waals surface area contributed by atoms with Gasteiger partial charge in [0, 0.05) is 6.04 Å². The molecular formula is C16H25NO2. The number of hydrogen-bond acceptors (Lipinski definition) is 3. The first-order valence-corrected chi connectivity index (χ1v) is 7.05. The van der Waals surface area contributed by atoms with Gasteiger partial charge in [0.2, 0.25) is 0 Å². The molecule has 0 spiro atoms. The lowest BCUT2D eigenvalue weighted by molar-refractivity contribution is 0.0403. The maximum Gasteiger partial charge on any atom is 0.120 e. The Bertz CT molecular complexity index is 400. The molecule has 0 bridgehead atoms. The first-order valence-electron chi connectivity index (χ1n) is 7.05. The van der Waals surface area contributed by atoms with Crippen molar-refractivity contribution in [3.8, 4) is 11.5 Å². The van der Waals surface area contributed by atoms with Crippen molar-refractivity contribution in [2.24, 2.45) is 5.41 Å². The molecule has 3 nitrogen and oxygen atoms in total. The summed E-state index contributed by atoms with van der Waals surface area (Å²) < 4.78 is 11.3. The molecule has 2 unspecified atom stereocenters. The number of hydrogen-bond donors (Lipinski definition) is 1. The molecule has 3 heteroatoms. The number of ether oxygens (including phenoxy) is 2. The monoisotopic (exact) mass is 263 g/mol. The highest BCUT2D eigenvalue weighted by Gasteiger charge is 2.39. The Balaban J connectivity index is 2.07. The van der Waals surface area contributed by atoms with Crippen molar-refractivity contribution in [2.75, 3.05) is 14.2 Å². The van der Waals surface area contributed by atoms with Crippen LogP contribution >= 0.6 is 0 Å². The molecule has 1 fully saturated rings. The van der Waals surface area contributed by atoms with E-state index in [4.69, 9.17) is 9.47 Å². The van der Waals surface area contributed by atoms with E-state index in [2.05, 4.69) is 19.2 Å². The average molecular weight is 263 g/mol.